The van der Waals surface area contributed by atoms with Crippen molar-refractivity contribution in [3.05, 3.63) is 60.4 Å². The molecule has 0 atom stereocenters. The number of aromatic nitrogens is 1. The van der Waals surface area contributed by atoms with Gasteiger partial charge in [-0.15, -0.1) is 0 Å². The number of rotatable bonds is 4. The Kier molecular flexibility index (Phi) is 3.43. The largest absolute Gasteiger partial charge is 0.464 e. The number of nitrogens with two attached hydrogens (primary N) is 1. The number of hydrogen-bond donors (Lipinski definition) is 1. The van der Waals surface area contributed by atoms with E-state index in [0.717, 1.165) is 24.4 Å². The van der Waals surface area contributed by atoms with Gasteiger partial charge in [0.1, 0.15) is 12.3 Å². The van der Waals surface area contributed by atoms with Crippen molar-refractivity contribution >= 4 is 21.8 Å². The molecule has 0 saturated carbocycles. The summed E-state index contributed by atoms with van der Waals surface area (Å²) in [5, 5.41) is 4.86. The fourth-order valence-corrected chi connectivity index (χ4v) is 3.45. The second-order valence-electron chi connectivity index (χ2n) is 5.92. The molecule has 0 aliphatic rings. The minimum atomic E-state index is 0.918. The average molecular weight is 305 g/mol. The molecule has 0 aliphatic carbocycles. The molecule has 0 saturated heterocycles. The first-order valence-electron chi connectivity index (χ1n) is 8.18. The van der Waals surface area contributed by atoms with Crippen LogP contribution in [0.2, 0.25) is 0 Å². The van der Waals surface area contributed by atoms with Crippen LogP contribution in [0.4, 0.5) is 0 Å². The zero-order valence-corrected chi connectivity index (χ0v) is 13.5. The van der Waals surface area contributed by atoms with Crippen molar-refractivity contribution in [3.8, 4) is 11.3 Å². The summed E-state index contributed by atoms with van der Waals surface area (Å²) in [6.45, 7) is 4.17. The van der Waals surface area contributed by atoms with E-state index >= 15 is 0 Å². The molecule has 2 N–H and O–H groups in total. The third kappa shape index (κ3) is 2.25. The molecule has 2 aromatic carbocycles. The number of hydrogen-bond acceptors (Lipinski definition) is 1. The van der Waals surface area contributed by atoms with Gasteiger partial charge in [-0.05, 0) is 37.3 Å². The van der Waals surface area contributed by atoms with Crippen LogP contribution < -0.4 is 5.32 Å². The number of benzene rings is 2. The summed E-state index contributed by atoms with van der Waals surface area (Å²) in [6, 6.07) is 17.4. The lowest BCUT2D eigenvalue weighted by molar-refractivity contribution is -0.643. The van der Waals surface area contributed by atoms with Gasteiger partial charge in [0.25, 0.3) is 0 Å². The van der Waals surface area contributed by atoms with Gasteiger partial charge in [0, 0.05) is 39.5 Å². The molecule has 0 spiro atoms. The maximum atomic E-state index is 5.55. The van der Waals surface area contributed by atoms with E-state index < -0.39 is 0 Å². The number of fused-ring (bicyclic) bond motifs is 3. The van der Waals surface area contributed by atoms with Crippen LogP contribution in [0.1, 0.15) is 12.5 Å². The Labute approximate surface area is 135 Å². The molecular formula is C20H21N2O+. The Morgan fingerprint density at radius 3 is 2.65 bits per heavy atom. The highest BCUT2D eigenvalue weighted by Crippen LogP contribution is 2.33. The third-order valence-corrected chi connectivity index (χ3v) is 4.49. The van der Waals surface area contributed by atoms with Gasteiger partial charge in [0.15, 0.2) is 0 Å². The van der Waals surface area contributed by atoms with Crippen molar-refractivity contribution < 1.29 is 9.73 Å². The maximum Gasteiger partial charge on any atom is 0.133 e. The van der Waals surface area contributed by atoms with Crippen LogP contribution >= 0.6 is 0 Å². The molecule has 3 nitrogen and oxygen atoms in total. The Hall–Kier alpha value is -2.52. The lowest BCUT2D eigenvalue weighted by Gasteiger charge is -2.04. The monoisotopic (exact) mass is 305 g/mol. The van der Waals surface area contributed by atoms with Gasteiger partial charge in [0.2, 0.25) is 0 Å². The van der Waals surface area contributed by atoms with Gasteiger partial charge in [-0.25, -0.2) is 0 Å². The summed E-state index contributed by atoms with van der Waals surface area (Å²) >= 11 is 0. The van der Waals surface area contributed by atoms with Gasteiger partial charge < -0.3 is 14.3 Å². The van der Waals surface area contributed by atoms with E-state index in [4.69, 9.17) is 4.42 Å². The summed E-state index contributed by atoms with van der Waals surface area (Å²) in [5.41, 5.74) is 5.07. The van der Waals surface area contributed by atoms with Crippen LogP contribution in [-0.2, 0) is 13.1 Å². The fraction of sp³-hybridized carbons (Fsp3) is 0.200. The number of aryl methyl sites for hydroxylation is 1. The molecule has 116 valence electrons. The molecule has 23 heavy (non-hydrogen) atoms. The van der Waals surface area contributed by atoms with Gasteiger partial charge in [-0.1, -0.05) is 18.2 Å². The molecule has 0 unspecified atom stereocenters. The Bertz CT molecular complexity index is 964. The topological polar surface area (TPSA) is 34.7 Å². The van der Waals surface area contributed by atoms with Gasteiger partial charge in [-0.3, -0.25) is 0 Å². The average Bonchev–Trinajstić information content (AvgIpc) is 3.20. The van der Waals surface area contributed by atoms with Crippen molar-refractivity contribution in [2.45, 2.75) is 20.0 Å². The number of nitrogens with zero attached hydrogens (tertiary/aromatic N) is 1. The van der Waals surface area contributed by atoms with E-state index in [1.807, 2.05) is 12.1 Å². The summed E-state index contributed by atoms with van der Waals surface area (Å²) in [6.07, 6.45) is 1.72. The van der Waals surface area contributed by atoms with E-state index in [2.05, 4.69) is 60.3 Å². The molecule has 0 amide bonds. The Morgan fingerprint density at radius 2 is 1.91 bits per heavy atom. The third-order valence-electron chi connectivity index (χ3n) is 4.49. The molecule has 2 aromatic heterocycles. The normalized spacial score (nSPS) is 11.6. The van der Waals surface area contributed by atoms with Crippen molar-refractivity contribution in [3.63, 3.8) is 0 Å². The van der Waals surface area contributed by atoms with Crippen LogP contribution in [0.15, 0.2) is 59.2 Å². The van der Waals surface area contributed by atoms with Crippen molar-refractivity contribution in [2.24, 2.45) is 0 Å². The van der Waals surface area contributed by atoms with E-state index in [-0.39, 0.29) is 0 Å². The lowest BCUT2D eigenvalue weighted by atomic mass is 10.1. The highest BCUT2D eigenvalue weighted by molar-refractivity contribution is 6.09. The second kappa shape index (κ2) is 5.60. The molecule has 0 bridgehead atoms. The Morgan fingerprint density at radius 1 is 1.00 bits per heavy atom. The summed E-state index contributed by atoms with van der Waals surface area (Å²) in [5.74, 6) is 0.918. The second-order valence-corrected chi connectivity index (χ2v) is 5.92. The minimum Gasteiger partial charge on any atom is -0.464 e. The first-order chi connectivity index (χ1) is 11.3. The quantitative estimate of drug-likeness (QED) is 0.612. The van der Waals surface area contributed by atoms with Crippen LogP contribution in [0, 0.1) is 0 Å². The number of quaternary nitrogens is 1. The van der Waals surface area contributed by atoms with Crippen molar-refractivity contribution in [1.82, 2.24) is 4.57 Å². The lowest BCUT2D eigenvalue weighted by Crippen LogP contribution is -2.77. The van der Waals surface area contributed by atoms with Crippen LogP contribution in [0.5, 0.6) is 0 Å². The van der Waals surface area contributed by atoms with Crippen molar-refractivity contribution in [2.75, 3.05) is 7.05 Å². The smallest absolute Gasteiger partial charge is 0.133 e. The molecule has 4 rings (SSSR count). The molecule has 4 aromatic rings. The highest BCUT2D eigenvalue weighted by atomic mass is 16.3. The molecule has 0 radical (unpaired) electrons. The molecule has 3 heteroatoms. The summed E-state index contributed by atoms with van der Waals surface area (Å²) < 4.78 is 7.94. The maximum absolute atomic E-state index is 5.55. The molecule has 0 aliphatic heterocycles. The van der Waals surface area contributed by atoms with Crippen LogP contribution in [0.25, 0.3) is 33.1 Å². The van der Waals surface area contributed by atoms with Gasteiger partial charge >= 0.3 is 0 Å². The van der Waals surface area contributed by atoms with E-state index in [0.29, 0.717) is 0 Å². The minimum absolute atomic E-state index is 0.918. The predicted molar refractivity (Wildman–Crippen MR) is 94.4 cm³/mol. The van der Waals surface area contributed by atoms with E-state index in [1.165, 1.54) is 27.4 Å². The molecular weight excluding hydrogens is 284 g/mol. The Balaban J connectivity index is 1.99. The first kappa shape index (κ1) is 14.1. The van der Waals surface area contributed by atoms with E-state index in [1.54, 1.807) is 6.26 Å². The molecule has 0 fully saturated rings. The summed E-state index contributed by atoms with van der Waals surface area (Å²) in [4.78, 5) is 0. The number of furan rings is 1. The van der Waals surface area contributed by atoms with Crippen molar-refractivity contribution in [1.29, 1.82) is 0 Å². The zero-order chi connectivity index (χ0) is 15.8. The van der Waals surface area contributed by atoms with Crippen LogP contribution in [-0.4, -0.2) is 11.6 Å². The zero-order valence-electron chi connectivity index (χ0n) is 13.5. The highest BCUT2D eigenvalue weighted by Gasteiger charge is 2.12. The fourth-order valence-electron chi connectivity index (χ4n) is 3.45. The standard InChI is InChI=1S/C20H20N2O/c1-3-22-18-9-6-14(13-21-2)11-17(18)16-8-7-15(12-19(16)22)20-5-4-10-23-20/h4-12,21H,3,13H2,1-2H3/p+1. The molecule has 2 heterocycles. The van der Waals surface area contributed by atoms with Gasteiger partial charge in [-0.2, -0.15) is 0 Å². The van der Waals surface area contributed by atoms with E-state index in [9.17, 15) is 0 Å². The van der Waals surface area contributed by atoms with Gasteiger partial charge in [0.05, 0.1) is 13.3 Å². The predicted octanol–water partition coefficient (Wildman–Crippen LogP) is 3.77. The van der Waals surface area contributed by atoms with Crippen LogP contribution in [0.3, 0.4) is 0 Å². The SMILES string of the molecule is CCn1c2ccc(C[NH2+]C)cc2c2ccc(-c3ccco3)cc21. The summed E-state index contributed by atoms with van der Waals surface area (Å²) in [7, 11) is 2.11. The first-order valence-corrected chi connectivity index (χ1v) is 8.18.